The summed E-state index contributed by atoms with van der Waals surface area (Å²) in [5.74, 6) is -1.18. The molecule has 0 atom stereocenters. The summed E-state index contributed by atoms with van der Waals surface area (Å²) in [4.78, 5) is 33.6. The molecular formula is C18H24CuNO5S. The maximum absolute atomic E-state index is 12.2. The Bertz CT molecular complexity index is 677. The van der Waals surface area contributed by atoms with Crippen LogP contribution in [0.3, 0.4) is 0 Å². The molecule has 1 aromatic rings. The van der Waals surface area contributed by atoms with Crippen molar-refractivity contribution in [1.29, 1.82) is 0 Å². The third kappa shape index (κ3) is 7.72. The molecule has 0 fully saturated rings. The average Bonchev–Trinajstić information content (AvgIpc) is 2.83. The number of rotatable bonds is 5. The van der Waals surface area contributed by atoms with Gasteiger partial charge in [-0.15, -0.1) is 0 Å². The van der Waals surface area contributed by atoms with Crippen molar-refractivity contribution in [3.05, 3.63) is 33.1 Å². The number of ether oxygens (including phenoxy) is 1. The number of thiophene rings is 1. The van der Waals surface area contributed by atoms with Crippen LogP contribution in [0, 0.1) is 0 Å². The second-order valence-electron chi connectivity index (χ2n) is 5.64. The molecule has 0 saturated heterocycles. The molecule has 0 aliphatic heterocycles. The van der Waals surface area contributed by atoms with E-state index < -0.39 is 5.97 Å². The summed E-state index contributed by atoms with van der Waals surface area (Å²) in [6, 6.07) is 0. The van der Waals surface area contributed by atoms with E-state index in [0.717, 1.165) is 38.2 Å². The SMILES string of the molecule is CC(=O)O.CCOC(=O)c1c([N-]/C(C)=C\C(C)=O)sc2c1CCCC2.[Cu+]. The van der Waals surface area contributed by atoms with Crippen molar-refractivity contribution in [1.82, 2.24) is 0 Å². The Balaban J connectivity index is 0.00000113. The van der Waals surface area contributed by atoms with Crippen LogP contribution in [0.15, 0.2) is 11.8 Å². The van der Waals surface area contributed by atoms with Crippen molar-refractivity contribution >= 4 is 34.1 Å². The molecule has 1 aliphatic carbocycles. The maximum Gasteiger partial charge on any atom is 1.00 e. The number of carboxylic acid groups (broad SMARTS) is 1. The first-order valence-electron chi connectivity index (χ1n) is 8.18. The number of aliphatic carboxylic acids is 1. The standard InChI is InChI=1S/C16H21NO3S.C2H4O2.Cu/c1-4-20-16(19)14-12-7-5-6-8-13(12)21-15(14)17-10(2)9-11(3)18;1-2(3)4;/h9H,4-8H2,1-3H3,(H,17,18,19);1H3,(H,3,4);/q;;+1/p-1. The zero-order valence-electron chi connectivity index (χ0n) is 15.4. The van der Waals surface area contributed by atoms with E-state index in [1.165, 1.54) is 17.9 Å². The fourth-order valence-electron chi connectivity index (χ4n) is 2.53. The molecule has 1 aromatic heterocycles. The second-order valence-corrected chi connectivity index (χ2v) is 6.72. The molecule has 0 bridgehead atoms. The fourth-order valence-corrected chi connectivity index (χ4v) is 3.84. The number of carbonyl (C=O) groups is 3. The average molecular weight is 430 g/mol. The van der Waals surface area contributed by atoms with Crippen molar-refractivity contribution in [3.63, 3.8) is 0 Å². The van der Waals surface area contributed by atoms with E-state index in [-0.39, 0.29) is 28.8 Å². The Morgan fingerprint density at radius 1 is 1.19 bits per heavy atom. The number of carbonyl (C=O) groups excluding carboxylic acids is 2. The molecule has 6 nitrogen and oxygen atoms in total. The Hall–Kier alpha value is -1.63. The second kappa shape index (κ2) is 11.9. The molecule has 0 spiro atoms. The topological polar surface area (TPSA) is 94.8 Å². The normalized spacial score (nSPS) is 12.7. The number of hydrogen-bond donors (Lipinski definition) is 1. The summed E-state index contributed by atoms with van der Waals surface area (Å²) < 4.78 is 5.18. The van der Waals surface area contributed by atoms with E-state index in [0.29, 0.717) is 22.9 Å². The Morgan fingerprint density at radius 2 is 1.77 bits per heavy atom. The molecule has 0 amide bonds. The Morgan fingerprint density at radius 3 is 2.31 bits per heavy atom. The van der Waals surface area contributed by atoms with Gasteiger partial charge in [-0.1, -0.05) is 11.9 Å². The summed E-state index contributed by atoms with van der Waals surface area (Å²) >= 11 is 1.55. The minimum absolute atomic E-state index is 0. The first-order valence-corrected chi connectivity index (χ1v) is 8.99. The molecule has 2 rings (SSSR count). The van der Waals surface area contributed by atoms with Crippen LogP contribution in [-0.2, 0) is 44.2 Å². The molecule has 148 valence electrons. The molecule has 1 heterocycles. The molecule has 0 radical (unpaired) electrons. The van der Waals surface area contributed by atoms with Crippen LogP contribution in [-0.4, -0.2) is 29.4 Å². The van der Waals surface area contributed by atoms with Gasteiger partial charge in [-0.05, 0) is 51.2 Å². The minimum Gasteiger partial charge on any atom is -0.652 e. The van der Waals surface area contributed by atoms with Gasteiger partial charge in [0.05, 0.1) is 12.2 Å². The van der Waals surface area contributed by atoms with Gasteiger partial charge in [0.2, 0.25) is 0 Å². The van der Waals surface area contributed by atoms with E-state index in [1.54, 1.807) is 25.2 Å². The van der Waals surface area contributed by atoms with Crippen molar-refractivity contribution < 1.29 is 41.3 Å². The van der Waals surface area contributed by atoms with Crippen molar-refractivity contribution in [3.8, 4) is 0 Å². The number of esters is 1. The van der Waals surface area contributed by atoms with Crippen LogP contribution < -0.4 is 0 Å². The molecular weight excluding hydrogens is 406 g/mol. The van der Waals surface area contributed by atoms with Gasteiger partial charge in [0.1, 0.15) is 0 Å². The van der Waals surface area contributed by atoms with Crippen molar-refractivity contribution in [2.24, 2.45) is 0 Å². The monoisotopic (exact) mass is 429 g/mol. The molecule has 0 aromatic carbocycles. The van der Waals surface area contributed by atoms with Crippen LogP contribution in [0.25, 0.3) is 5.32 Å². The van der Waals surface area contributed by atoms with E-state index in [2.05, 4.69) is 5.32 Å². The number of fused-ring (bicyclic) bond motifs is 1. The van der Waals surface area contributed by atoms with Gasteiger partial charge in [-0.3, -0.25) is 9.59 Å². The van der Waals surface area contributed by atoms with Crippen molar-refractivity contribution in [2.45, 2.75) is 53.4 Å². The summed E-state index contributed by atoms with van der Waals surface area (Å²) in [6.07, 6.45) is 5.63. The summed E-state index contributed by atoms with van der Waals surface area (Å²) in [6.45, 7) is 6.50. The van der Waals surface area contributed by atoms with E-state index >= 15 is 0 Å². The molecule has 1 N–H and O–H groups in total. The Kier molecular flexibility index (Phi) is 11.1. The zero-order chi connectivity index (χ0) is 19.0. The fraction of sp³-hybridized carbons (Fsp3) is 0.500. The van der Waals surface area contributed by atoms with Gasteiger partial charge in [-0.2, -0.15) is 17.0 Å². The predicted octanol–water partition coefficient (Wildman–Crippen LogP) is 4.39. The molecule has 26 heavy (non-hydrogen) atoms. The van der Waals surface area contributed by atoms with Crippen LogP contribution >= 0.6 is 11.3 Å². The molecule has 8 heteroatoms. The van der Waals surface area contributed by atoms with Gasteiger partial charge in [0.15, 0.2) is 5.78 Å². The van der Waals surface area contributed by atoms with E-state index in [4.69, 9.17) is 14.6 Å². The first kappa shape index (κ1) is 24.4. The number of allylic oxidation sites excluding steroid dienone is 2. The van der Waals surface area contributed by atoms with Crippen molar-refractivity contribution in [2.75, 3.05) is 6.61 Å². The number of aryl methyl sites for hydroxylation is 1. The summed E-state index contributed by atoms with van der Waals surface area (Å²) in [5.41, 5.74) is 2.32. The third-order valence-corrected chi connectivity index (χ3v) is 4.51. The number of ketones is 1. The van der Waals surface area contributed by atoms with Crippen LogP contribution in [0.2, 0.25) is 0 Å². The minimum atomic E-state index is -0.833. The first-order chi connectivity index (χ1) is 11.8. The van der Waals surface area contributed by atoms with Gasteiger partial charge >= 0.3 is 23.0 Å². The predicted molar refractivity (Wildman–Crippen MR) is 97.7 cm³/mol. The Labute approximate surface area is 168 Å². The summed E-state index contributed by atoms with van der Waals surface area (Å²) in [7, 11) is 0. The van der Waals surface area contributed by atoms with Gasteiger partial charge < -0.3 is 15.2 Å². The van der Waals surface area contributed by atoms with Crippen LogP contribution in [0.5, 0.6) is 0 Å². The zero-order valence-corrected chi connectivity index (χ0v) is 17.1. The molecule has 0 unspecified atom stereocenters. The third-order valence-electron chi connectivity index (χ3n) is 3.32. The number of hydrogen-bond acceptors (Lipinski definition) is 5. The van der Waals surface area contributed by atoms with Crippen LogP contribution in [0.1, 0.15) is 61.3 Å². The molecule has 0 saturated carbocycles. The number of nitrogens with zero attached hydrogens (tertiary/aromatic N) is 1. The smallest absolute Gasteiger partial charge is 0.652 e. The van der Waals surface area contributed by atoms with E-state index in [1.807, 2.05) is 0 Å². The summed E-state index contributed by atoms with van der Waals surface area (Å²) in [5, 5.41) is 12.6. The van der Waals surface area contributed by atoms with E-state index in [9.17, 15) is 9.59 Å². The van der Waals surface area contributed by atoms with Crippen LogP contribution in [0.4, 0.5) is 5.00 Å². The largest absolute Gasteiger partial charge is 1.00 e. The van der Waals surface area contributed by atoms with Gasteiger partial charge in [0.25, 0.3) is 5.97 Å². The van der Waals surface area contributed by atoms with Gasteiger partial charge in [0, 0.05) is 11.8 Å². The number of carboxylic acids is 1. The molecule has 1 aliphatic rings. The van der Waals surface area contributed by atoms with Gasteiger partial charge in [-0.25, -0.2) is 4.79 Å². The quantitative estimate of drug-likeness (QED) is 0.425. The maximum atomic E-state index is 12.2.